The highest BCUT2D eigenvalue weighted by Crippen LogP contribution is 2.36. The third-order valence-electron chi connectivity index (χ3n) is 5.62. The van der Waals surface area contributed by atoms with Crippen molar-refractivity contribution in [2.75, 3.05) is 13.1 Å². The Labute approximate surface area is 149 Å². The van der Waals surface area contributed by atoms with Gasteiger partial charge in [-0.3, -0.25) is 0 Å². The van der Waals surface area contributed by atoms with E-state index in [-0.39, 0.29) is 5.97 Å². The minimum atomic E-state index is -0.513. The summed E-state index contributed by atoms with van der Waals surface area (Å²) in [6.45, 7) is 1.74. The van der Waals surface area contributed by atoms with E-state index < -0.39 is 5.60 Å². The molecule has 2 aliphatic rings. The number of hydrogen-bond donors (Lipinski definition) is 1. The van der Waals surface area contributed by atoms with Gasteiger partial charge in [-0.05, 0) is 61.5 Å². The molecule has 0 saturated carbocycles. The predicted molar refractivity (Wildman–Crippen MR) is 98.7 cm³/mol. The van der Waals surface area contributed by atoms with E-state index in [1.165, 1.54) is 17.5 Å². The van der Waals surface area contributed by atoms with Gasteiger partial charge in [-0.15, -0.1) is 0 Å². The Kier molecular flexibility index (Phi) is 4.58. The van der Waals surface area contributed by atoms with Crippen molar-refractivity contribution in [3.63, 3.8) is 0 Å². The molecule has 0 bridgehead atoms. The van der Waals surface area contributed by atoms with Crippen LogP contribution >= 0.6 is 0 Å². The number of piperidine rings is 1. The summed E-state index contributed by atoms with van der Waals surface area (Å²) in [6.07, 6.45) is 6.07. The van der Waals surface area contributed by atoms with E-state index in [2.05, 4.69) is 23.5 Å². The lowest BCUT2D eigenvalue weighted by Crippen LogP contribution is -2.43. The summed E-state index contributed by atoms with van der Waals surface area (Å²) in [7, 11) is 0. The number of nitrogens with one attached hydrogen (secondary N) is 1. The highest BCUT2D eigenvalue weighted by Gasteiger charge is 2.38. The van der Waals surface area contributed by atoms with Crippen molar-refractivity contribution in [3.05, 3.63) is 70.8 Å². The molecular weight excluding hydrogens is 310 g/mol. The van der Waals surface area contributed by atoms with Crippen LogP contribution in [0.4, 0.5) is 0 Å². The first-order valence-electron chi connectivity index (χ1n) is 9.39. The van der Waals surface area contributed by atoms with Crippen LogP contribution in [-0.2, 0) is 23.2 Å². The molecule has 0 aromatic heterocycles. The lowest BCUT2D eigenvalue weighted by molar-refractivity contribution is -0.0379. The molecule has 2 aromatic carbocycles. The van der Waals surface area contributed by atoms with E-state index in [0.29, 0.717) is 0 Å². The van der Waals surface area contributed by atoms with Gasteiger partial charge in [0.15, 0.2) is 0 Å². The molecular formula is C22H25NO2. The first kappa shape index (κ1) is 16.3. The molecule has 1 fully saturated rings. The summed E-state index contributed by atoms with van der Waals surface area (Å²) in [5.41, 5.74) is 3.89. The van der Waals surface area contributed by atoms with Crippen LogP contribution in [0, 0.1) is 0 Å². The standard InChI is InChI=1S/C22H25NO2/c24-21(20-12-6-8-17-7-4-5-11-19(17)20)25-22(13-15-23-16-14-22)18-9-2-1-3-10-18/h1-3,6,8-10,12,23H,4-5,7,11,13-16H2. The average Bonchev–Trinajstić information content (AvgIpc) is 2.69. The zero-order valence-electron chi connectivity index (χ0n) is 14.6. The summed E-state index contributed by atoms with van der Waals surface area (Å²) in [6, 6.07) is 16.3. The lowest BCUT2D eigenvalue weighted by Gasteiger charge is -2.38. The van der Waals surface area contributed by atoms with Gasteiger partial charge in [0.1, 0.15) is 5.60 Å². The Bertz CT molecular complexity index is 748. The number of benzene rings is 2. The first-order chi connectivity index (χ1) is 12.3. The number of aryl methyl sites for hydroxylation is 1. The molecule has 0 atom stereocenters. The van der Waals surface area contributed by atoms with Crippen LogP contribution in [0.25, 0.3) is 0 Å². The second-order valence-electron chi connectivity index (χ2n) is 7.15. The number of fused-ring (bicyclic) bond motifs is 1. The maximum Gasteiger partial charge on any atom is 0.339 e. The normalized spacial score (nSPS) is 19.0. The molecule has 4 rings (SSSR count). The molecule has 25 heavy (non-hydrogen) atoms. The molecule has 3 heteroatoms. The minimum Gasteiger partial charge on any atom is -0.450 e. The van der Waals surface area contributed by atoms with Crippen molar-refractivity contribution in [2.45, 2.75) is 44.1 Å². The smallest absolute Gasteiger partial charge is 0.339 e. The van der Waals surface area contributed by atoms with Gasteiger partial charge in [0.25, 0.3) is 0 Å². The largest absolute Gasteiger partial charge is 0.450 e. The van der Waals surface area contributed by atoms with Gasteiger partial charge in [0, 0.05) is 12.8 Å². The summed E-state index contributed by atoms with van der Waals surface area (Å²) < 4.78 is 6.24. The fraction of sp³-hybridized carbons (Fsp3) is 0.409. The molecule has 130 valence electrons. The minimum absolute atomic E-state index is 0.162. The number of carbonyl (C=O) groups is 1. The van der Waals surface area contributed by atoms with Crippen molar-refractivity contribution in [3.8, 4) is 0 Å². The van der Waals surface area contributed by atoms with Crippen molar-refractivity contribution in [1.82, 2.24) is 5.32 Å². The molecule has 1 aliphatic carbocycles. The van der Waals surface area contributed by atoms with Crippen LogP contribution in [0.5, 0.6) is 0 Å². The molecule has 1 N–H and O–H groups in total. The van der Waals surface area contributed by atoms with Crippen LogP contribution < -0.4 is 5.32 Å². The zero-order valence-corrected chi connectivity index (χ0v) is 14.6. The first-order valence-corrected chi connectivity index (χ1v) is 9.39. The van der Waals surface area contributed by atoms with Crippen molar-refractivity contribution in [1.29, 1.82) is 0 Å². The zero-order chi connectivity index (χ0) is 17.1. The van der Waals surface area contributed by atoms with Gasteiger partial charge < -0.3 is 10.1 Å². The average molecular weight is 335 g/mol. The van der Waals surface area contributed by atoms with Crippen molar-refractivity contribution < 1.29 is 9.53 Å². The molecule has 1 heterocycles. The molecule has 0 unspecified atom stereocenters. The van der Waals surface area contributed by atoms with E-state index in [1.54, 1.807) is 0 Å². The van der Waals surface area contributed by atoms with Gasteiger partial charge in [-0.1, -0.05) is 42.5 Å². The number of rotatable bonds is 3. The van der Waals surface area contributed by atoms with E-state index in [1.807, 2.05) is 30.3 Å². The van der Waals surface area contributed by atoms with E-state index in [9.17, 15) is 4.79 Å². The Hall–Kier alpha value is -2.13. The summed E-state index contributed by atoms with van der Waals surface area (Å²) in [4.78, 5) is 13.1. The Morgan fingerprint density at radius 1 is 0.920 bits per heavy atom. The van der Waals surface area contributed by atoms with E-state index >= 15 is 0 Å². The second kappa shape index (κ2) is 7.01. The molecule has 1 saturated heterocycles. The third kappa shape index (κ3) is 3.21. The Morgan fingerprint density at radius 3 is 2.48 bits per heavy atom. The van der Waals surface area contributed by atoms with Crippen molar-refractivity contribution >= 4 is 5.97 Å². The molecule has 0 amide bonds. The van der Waals surface area contributed by atoms with Crippen LogP contribution in [0.2, 0.25) is 0 Å². The fourth-order valence-corrected chi connectivity index (χ4v) is 4.23. The highest BCUT2D eigenvalue weighted by atomic mass is 16.6. The predicted octanol–water partition coefficient (Wildman–Crippen LogP) is 4.00. The van der Waals surface area contributed by atoms with Gasteiger partial charge in [0.2, 0.25) is 0 Å². The van der Waals surface area contributed by atoms with Gasteiger partial charge in [-0.2, -0.15) is 0 Å². The summed E-state index contributed by atoms with van der Waals surface area (Å²) in [5.74, 6) is -0.162. The van der Waals surface area contributed by atoms with E-state index in [0.717, 1.165) is 56.3 Å². The van der Waals surface area contributed by atoms with Crippen LogP contribution in [-0.4, -0.2) is 19.1 Å². The summed E-state index contributed by atoms with van der Waals surface area (Å²) in [5, 5.41) is 3.38. The van der Waals surface area contributed by atoms with Crippen LogP contribution in [0.3, 0.4) is 0 Å². The molecule has 2 aromatic rings. The number of hydrogen-bond acceptors (Lipinski definition) is 3. The highest BCUT2D eigenvalue weighted by molar-refractivity contribution is 5.92. The monoisotopic (exact) mass is 335 g/mol. The molecule has 3 nitrogen and oxygen atoms in total. The van der Waals surface area contributed by atoms with Crippen LogP contribution in [0.15, 0.2) is 48.5 Å². The van der Waals surface area contributed by atoms with Gasteiger partial charge >= 0.3 is 5.97 Å². The second-order valence-corrected chi connectivity index (χ2v) is 7.15. The fourth-order valence-electron chi connectivity index (χ4n) is 4.23. The molecule has 1 aliphatic heterocycles. The Morgan fingerprint density at radius 2 is 1.68 bits per heavy atom. The van der Waals surface area contributed by atoms with Crippen molar-refractivity contribution in [2.24, 2.45) is 0 Å². The van der Waals surface area contributed by atoms with Gasteiger partial charge in [0.05, 0.1) is 5.56 Å². The third-order valence-corrected chi connectivity index (χ3v) is 5.62. The summed E-state index contributed by atoms with van der Waals surface area (Å²) >= 11 is 0. The number of esters is 1. The SMILES string of the molecule is O=C(OC1(c2ccccc2)CCNCC1)c1cccc2c1CCCC2. The number of carbonyl (C=O) groups excluding carboxylic acids is 1. The maximum atomic E-state index is 13.1. The van der Waals surface area contributed by atoms with Gasteiger partial charge in [-0.25, -0.2) is 4.79 Å². The molecule has 0 spiro atoms. The van der Waals surface area contributed by atoms with Crippen LogP contribution in [0.1, 0.15) is 52.7 Å². The van der Waals surface area contributed by atoms with E-state index in [4.69, 9.17) is 4.74 Å². The lowest BCUT2D eigenvalue weighted by atomic mass is 9.84. The molecule has 0 radical (unpaired) electrons. The quantitative estimate of drug-likeness (QED) is 0.862. The Balaban J connectivity index is 1.66. The topological polar surface area (TPSA) is 38.3 Å². The number of ether oxygens (including phenoxy) is 1. The maximum absolute atomic E-state index is 13.1.